The van der Waals surface area contributed by atoms with Crippen molar-refractivity contribution >= 4 is 16.8 Å². The molecule has 2 aliphatic heterocycles. The van der Waals surface area contributed by atoms with Gasteiger partial charge in [0, 0.05) is 35.7 Å². The van der Waals surface area contributed by atoms with Gasteiger partial charge in [0.05, 0.1) is 6.42 Å². The summed E-state index contributed by atoms with van der Waals surface area (Å²) in [7, 11) is 0. The van der Waals surface area contributed by atoms with Crippen molar-refractivity contribution in [3.8, 4) is 0 Å². The Morgan fingerprint density at radius 3 is 2.79 bits per heavy atom. The molecular weight excluding hydrogens is 298 g/mol. The van der Waals surface area contributed by atoms with Gasteiger partial charge in [-0.2, -0.15) is 0 Å². The molecule has 1 atom stereocenters. The van der Waals surface area contributed by atoms with Crippen LogP contribution < -0.4 is 0 Å². The van der Waals surface area contributed by atoms with Gasteiger partial charge in [-0.15, -0.1) is 0 Å². The Balaban J connectivity index is 1.48. The number of benzene rings is 1. The van der Waals surface area contributed by atoms with Crippen molar-refractivity contribution in [1.29, 1.82) is 0 Å². The van der Waals surface area contributed by atoms with E-state index >= 15 is 0 Å². The molecule has 0 radical (unpaired) electrons. The van der Waals surface area contributed by atoms with Crippen LogP contribution in [-0.4, -0.2) is 52.9 Å². The molecule has 24 heavy (non-hydrogen) atoms. The summed E-state index contributed by atoms with van der Waals surface area (Å²) < 4.78 is 0. The highest BCUT2D eigenvalue weighted by molar-refractivity contribution is 5.90. The van der Waals surface area contributed by atoms with Gasteiger partial charge in [-0.05, 0) is 57.3 Å². The maximum atomic E-state index is 12.9. The zero-order valence-electron chi connectivity index (χ0n) is 14.6. The standard InChI is InChI=1S/C20H27N3O/c1-15-18(17-8-2-3-9-19(17)21-15)13-20(24)23-12-6-7-16(14-23)22-10-4-5-11-22/h2-3,8-9,16,21H,4-7,10-14H2,1H3. The van der Waals surface area contributed by atoms with Gasteiger partial charge in [0.25, 0.3) is 0 Å². The van der Waals surface area contributed by atoms with E-state index in [1.54, 1.807) is 0 Å². The normalized spacial score (nSPS) is 22.4. The van der Waals surface area contributed by atoms with Crippen molar-refractivity contribution in [3.05, 3.63) is 35.5 Å². The Morgan fingerprint density at radius 1 is 1.17 bits per heavy atom. The number of carbonyl (C=O) groups excluding carboxylic acids is 1. The van der Waals surface area contributed by atoms with Gasteiger partial charge in [-0.1, -0.05) is 18.2 Å². The smallest absolute Gasteiger partial charge is 0.227 e. The molecule has 2 fully saturated rings. The van der Waals surface area contributed by atoms with Crippen molar-refractivity contribution < 1.29 is 4.79 Å². The Labute approximate surface area is 143 Å². The molecule has 2 aromatic rings. The van der Waals surface area contributed by atoms with Gasteiger partial charge in [0.1, 0.15) is 0 Å². The molecule has 2 saturated heterocycles. The van der Waals surface area contributed by atoms with Crippen molar-refractivity contribution in [2.24, 2.45) is 0 Å². The predicted octanol–water partition coefficient (Wildman–Crippen LogP) is 3.11. The second-order valence-electron chi connectivity index (χ2n) is 7.33. The molecule has 3 heterocycles. The van der Waals surface area contributed by atoms with Crippen LogP contribution in [0.5, 0.6) is 0 Å². The van der Waals surface area contributed by atoms with Crippen molar-refractivity contribution in [3.63, 3.8) is 0 Å². The van der Waals surface area contributed by atoms with Crippen molar-refractivity contribution in [2.75, 3.05) is 26.2 Å². The lowest BCUT2D eigenvalue weighted by Crippen LogP contribution is -2.49. The average Bonchev–Trinajstić information content (AvgIpc) is 3.24. The molecule has 1 aromatic heterocycles. The number of fused-ring (bicyclic) bond motifs is 1. The lowest BCUT2D eigenvalue weighted by Gasteiger charge is -2.37. The van der Waals surface area contributed by atoms with Crippen LogP contribution in [-0.2, 0) is 11.2 Å². The Morgan fingerprint density at radius 2 is 1.96 bits per heavy atom. The fourth-order valence-electron chi connectivity index (χ4n) is 4.41. The van der Waals surface area contributed by atoms with E-state index < -0.39 is 0 Å². The Kier molecular flexibility index (Phi) is 4.31. The van der Waals surface area contributed by atoms with E-state index in [2.05, 4.69) is 33.8 Å². The number of amides is 1. The van der Waals surface area contributed by atoms with Crippen LogP contribution in [0.4, 0.5) is 0 Å². The first-order chi connectivity index (χ1) is 11.7. The van der Waals surface area contributed by atoms with E-state index in [4.69, 9.17) is 0 Å². The monoisotopic (exact) mass is 325 g/mol. The zero-order valence-corrected chi connectivity index (χ0v) is 14.6. The van der Waals surface area contributed by atoms with E-state index in [9.17, 15) is 4.79 Å². The number of carbonyl (C=O) groups is 1. The lowest BCUT2D eigenvalue weighted by atomic mass is 10.0. The molecule has 4 nitrogen and oxygen atoms in total. The van der Waals surface area contributed by atoms with E-state index in [1.165, 1.54) is 43.3 Å². The molecule has 0 aliphatic carbocycles. The SMILES string of the molecule is Cc1[nH]c2ccccc2c1CC(=O)N1CCCC(N2CCCC2)C1. The fraction of sp³-hybridized carbons (Fsp3) is 0.550. The van der Waals surface area contributed by atoms with Crippen LogP contribution in [0.25, 0.3) is 10.9 Å². The number of nitrogens with one attached hydrogen (secondary N) is 1. The molecule has 0 saturated carbocycles. The third-order valence-electron chi connectivity index (χ3n) is 5.76. The maximum absolute atomic E-state index is 12.9. The highest BCUT2D eigenvalue weighted by atomic mass is 16.2. The van der Waals surface area contributed by atoms with E-state index in [1.807, 2.05) is 12.1 Å². The number of piperidine rings is 1. The number of aromatic nitrogens is 1. The molecule has 128 valence electrons. The first kappa shape index (κ1) is 15.7. The topological polar surface area (TPSA) is 39.3 Å². The minimum Gasteiger partial charge on any atom is -0.358 e. The highest BCUT2D eigenvalue weighted by Crippen LogP contribution is 2.25. The number of aromatic amines is 1. The molecule has 1 amide bonds. The van der Waals surface area contributed by atoms with Crippen LogP contribution in [0.3, 0.4) is 0 Å². The first-order valence-electron chi connectivity index (χ1n) is 9.30. The zero-order chi connectivity index (χ0) is 16.5. The van der Waals surface area contributed by atoms with Gasteiger partial charge in [0.2, 0.25) is 5.91 Å². The van der Waals surface area contributed by atoms with Gasteiger partial charge < -0.3 is 9.88 Å². The quantitative estimate of drug-likeness (QED) is 0.942. The molecule has 4 rings (SSSR count). The number of aryl methyl sites for hydroxylation is 1. The first-order valence-corrected chi connectivity index (χ1v) is 9.30. The summed E-state index contributed by atoms with van der Waals surface area (Å²) in [5, 5.41) is 1.19. The second kappa shape index (κ2) is 6.60. The summed E-state index contributed by atoms with van der Waals surface area (Å²) in [6.07, 6.45) is 5.54. The molecule has 4 heteroatoms. The molecule has 2 aliphatic rings. The van der Waals surface area contributed by atoms with E-state index in [0.29, 0.717) is 12.5 Å². The summed E-state index contributed by atoms with van der Waals surface area (Å²) in [5.41, 5.74) is 3.42. The summed E-state index contributed by atoms with van der Waals surface area (Å²) in [4.78, 5) is 21.0. The Hall–Kier alpha value is -1.81. The number of para-hydroxylation sites is 1. The van der Waals surface area contributed by atoms with E-state index in [-0.39, 0.29) is 5.91 Å². The summed E-state index contributed by atoms with van der Waals surface area (Å²) in [5.74, 6) is 0.284. The van der Waals surface area contributed by atoms with Crippen LogP contribution in [0.1, 0.15) is 36.9 Å². The summed E-state index contributed by atoms with van der Waals surface area (Å²) >= 11 is 0. The number of hydrogen-bond acceptors (Lipinski definition) is 2. The van der Waals surface area contributed by atoms with Crippen molar-refractivity contribution in [1.82, 2.24) is 14.8 Å². The predicted molar refractivity (Wildman–Crippen MR) is 97.1 cm³/mol. The third kappa shape index (κ3) is 2.95. The van der Waals surface area contributed by atoms with E-state index in [0.717, 1.165) is 30.7 Å². The second-order valence-corrected chi connectivity index (χ2v) is 7.33. The Bertz CT molecular complexity index is 730. The minimum absolute atomic E-state index is 0.284. The number of likely N-dealkylation sites (tertiary alicyclic amines) is 2. The highest BCUT2D eigenvalue weighted by Gasteiger charge is 2.29. The van der Waals surface area contributed by atoms with Crippen LogP contribution >= 0.6 is 0 Å². The van der Waals surface area contributed by atoms with Crippen LogP contribution in [0.15, 0.2) is 24.3 Å². The number of H-pyrrole nitrogens is 1. The van der Waals surface area contributed by atoms with Gasteiger partial charge >= 0.3 is 0 Å². The van der Waals surface area contributed by atoms with Gasteiger partial charge in [-0.25, -0.2) is 0 Å². The van der Waals surface area contributed by atoms with Crippen LogP contribution in [0, 0.1) is 6.92 Å². The minimum atomic E-state index is 0.284. The number of nitrogens with zero attached hydrogens (tertiary/aromatic N) is 2. The molecular formula is C20H27N3O. The molecule has 1 unspecified atom stereocenters. The summed E-state index contributed by atoms with van der Waals surface area (Å²) in [6.45, 7) is 6.35. The molecule has 0 bridgehead atoms. The van der Waals surface area contributed by atoms with Crippen molar-refractivity contribution in [2.45, 2.75) is 45.1 Å². The third-order valence-corrected chi connectivity index (χ3v) is 5.76. The van der Waals surface area contributed by atoms with Crippen LogP contribution in [0.2, 0.25) is 0 Å². The molecule has 1 N–H and O–H groups in total. The van der Waals surface area contributed by atoms with Gasteiger partial charge in [-0.3, -0.25) is 9.69 Å². The molecule has 1 aromatic carbocycles. The average molecular weight is 325 g/mol. The summed E-state index contributed by atoms with van der Waals surface area (Å²) in [6, 6.07) is 8.86. The maximum Gasteiger partial charge on any atom is 0.227 e. The number of hydrogen-bond donors (Lipinski definition) is 1. The van der Waals surface area contributed by atoms with Gasteiger partial charge in [0.15, 0.2) is 0 Å². The fourth-order valence-corrected chi connectivity index (χ4v) is 4.41. The number of rotatable bonds is 3. The largest absolute Gasteiger partial charge is 0.358 e. The molecule has 0 spiro atoms. The lowest BCUT2D eigenvalue weighted by molar-refractivity contribution is -0.132.